The minimum absolute atomic E-state index is 0. The highest BCUT2D eigenvalue weighted by molar-refractivity contribution is 14.0. The van der Waals surface area contributed by atoms with Gasteiger partial charge in [0, 0.05) is 38.8 Å². The van der Waals surface area contributed by atoms with Gasteiger partial charge in [-0.2, -0.15) is 0 Å². The van der Waals surface area contributed by atoms with E-state index in [9.17, 15) is 0 Å². The summed E-state index contributed by atoms with van der Waals surface area (Å²) in [6.45, 7) is 4.08. The zero-order valence-corrected chi connectivity index (χ0v) is 20.8. The second kappa shape index (κ2) is 13.4. The van der Waals surface area contributed by atoms with Gasteiger partial charge in [0.25, 0.3) is 0 Å². The lowest BCUT2D eigenvalue weighted by molar-refractivity contribution is 0.0168. The van der Waals surface area contributed by atoms with Gasteiger partial charge in [-0.1, -0.05) is 25.0 Å². The van der Waals surface area contributed by atoms with E-state index >= 15 is 0 Å². The Bertz CT molecular complexity index is 644. The summed E-state index contributed by atoms with van der Waals surface area (Å²) in [5.74, 6) is 1.79. The van der Waals surface area contributed by atoms with E-state index in [0.29, 0.717) is 6.10 Å². The van der Waals surface area contributed by atoms with Crippen LogP contribution >= 0.6 is 24.0 Å². The van der Waals surface area contributed by atoms with Gasteiger partial charge in [-0.05, 0) is 49.8 Å². The van der Waals surface area contributed by atoms with Crippen molar-refractivity contribution in [1.29, 1.82) is 0 Å². The quantitative estimate of drug-likeness (QED) is 0.208. The molecular weight excluding hydrogens is 493 g/mol. The van der Waals surface area contributed by atoms with E-state index < -0.39 is 0 Å². The summed E-state index contributed by atoms with van der Waals surface area (Å²) >= 11 is 0. The minimum atomic E-state index is 0. The molecule has 1 heterocycles. The third-order valence-corrected chi connectivity index (χ3v) is 6.15. The maximum atomic E-state index is 5.73. The monoisotopic (exact) mass is 531 g/mol. The lowest BCUT2D eigenvalue weighted by atomic mass is 9.78. The van der Waals surface area contributed by atoms with Gasteiger partial charge < -0.3 is 24.8 Å². The van der Waals surface area contributed by atoms with E-state index in [0.717, 1.165) is 63.9 Å². The normalized spacial score (nSPS) is 20.6. The number of benzene rings is 1. The molecule has 1 saturated carbocycles. The lowest BCUT2D eigenvalue weighted by Gasteiger charge is -2.31. The fourth-order valence-corrected chi connectivity index (χ4v) is 4.42. The fraction of sp³-hybridized carbons (Fsp3) is 0.696. The lowest BCUT2D eigenvalue weighted by Crippen LogP contribution is -2.45. The molecule has 1 aromatic carbocycles. The summed E-state index contributed by atoms with van der Waals surface area (Å²) in [6, 6.07) is 8.53. The van der Waals surface area contributed by atoms with Crippen LogP contribution in [0.2, 0.25) is 0 Å². The number of guanidine groups is 1. The van der Waals surface area contributed by atoms with Gasteiger partial charge in [0.1, 0.15) is 5.75 Å². The van der Waals surface area contributed by atoms with Crippen LogP contribution < -0.4 is 15.4 Å². The zero-order chi connectivity index (χ0) is 20.4. The van der Waals surface area contributed by atoms with Gasteiger partial charge in [-0.25, -0.2) is 0 Å². The topological polar surface area (TPSA) is 64.1 Å². The van der Waals surface area contributed by atoms with Crippen molar-refractivity contribution >= 4 is 29.9 Å². The third kappa shape index (κ3) is 7.27. The molecule has 0 aromatic heterocycles. The fourth-order valence-electron chi connectivity index (χ4n) is 4.42. The van der Waals surface area contributed by atoms with Crippen LogP contribution in [0.1, 0.15) is 50.5 Å². The predicted molar refractivity (Wildman–Crippen MR) is 132 cm³/mol. The molecule has 2 aliphatic rings. The van der Waals surface area contributed by atoms with Crippen LogP contribution in [0.15, 0.2) is 29.3 Å². The van der Waals surface area contributed by atoms with Crippen molar-refractivity contribution in [3.63, 3.8) is 0 Å². The molecule has 0 radical (unpaired) electrons. The molecule has 2 N–H and O–H groups in total. The van der Waals surface area contributed by atoms with Crippen molar-refractivity contribution in [1.82, 2.24) is 10.6 Å². The first-order valence-corrected chi connectivity index (χ1v) is 11.0. The second-order valence-corrected chi connectivity index (χ2v) is 8.14. The van der Waals surface area contributed by atoms with E-state index in [2.05, 4.69) is 33.8 Å². The molecule has 1 aliphatic carbocycles. The molecule has 1 aliphatic heterocycles. The zero-order valence-electron chi connectivity index (χ0n) is 18.5. The summed E-state index contributed by atoms with van der Waals surface area (Å²) < 4.78 is 16.8. The molecule has 6 nitrogen and oxygen atoms in total. The Hall–Kier alpha value is -1.06. The average molecular weight is 531 g/mol. The van der Waals surface area contributed by atoms with Crippen LogP contribution in [-0.2, 0) is 14.9 Å². The third-order valence-electron chi connectivity index (χ3n) is 6.15. The van der Waals surface area contributed by atoms with Crippen molar-refractivity contribution in [2.24, 2.45) is 4.99 Å². The van der Waals surface area contributed by atoms with E-state index in [-0.39, 0.29) is 29.4 Å². The van der Waals surface area contributed by atoms with Gasteiger partial charge >= 0.3 is 0 Å². The summed E-state index contributed by atoms with van der Waals surface area (Å²) in [6.07, 6.45) is 8.48. The molecule has 0 spiro atoms. The van der Waals surface area contributed by atoms with Crippen LogP contribution in [0.5, 0.6) is 5.75 Å². The first-order valence-electron chi connectivity index (χ1n) is 11.0. The standard InChI is InChI=1S/C23H37N3O3.HI/c1-24-22(25-13-7-14-28-17-21-10-6-15-29-21)26-18-23(11-3-4-12-23)19-8-5-9-20(16-19)27-2;/h5,8-9,16,21H,3-4,6-7,10-15,17-18H2,1-2H3,(H2,24,25,26);1H. The van der Waals surface area contributed by atoms with Gasteiger partial charge in [0.2, 0.25) is 0 Å². The number of ether oxygens (including phenoxy) is 3. The number of hydrogen-bond acceptors (Lipinski definition) is 4. The molecule has 1 saturated heterocycles. The number of aliphatic imine (C=N–C) groups is 1. The van der Waals surface area contributed by atoms with Crippen LogP contribution in [-0.4, -0.2) is 59.1 Å². The van der Waals surface area contributed by atoms with Gasteiger partial charge in [-0.15, -0.1) is 24.0 Å². The summed E-state index contributed by atoms with van der Waals surface area (Å²) in [7, 11) is 3.56. The Morgan fingerprint density at radius 3 is 2.77 bits per heavy atom. The maximum absolute atomic E-state index is 5.73. The van der Waals surface area contributed by atoms with Crippen molar-refractivity contribution in [3.8, 4) is 5.75 Å². The average Bonchev–Trinajstić information content (AvgIpc) is 3.45. The number of methoxy groups -OCH3 is 1. The van der Waals surface area contributed by atoms with Crippen molar-refractivity contribution in [3.05, 3.63) is 29.8 Å². The molecular formula is C23H38IN3O3. The molecule has 1 atom stereocenters. The van der Waals surface area contributed by atoms with Gasteiger partial charge in [0.05, 0.1) is 19.8 Å². The highest BCUT2D eigenvalue weighted by Crippen LogP contribution is 2.41. The Balaban J connectivity index is 0.00000320. The Labute approximate surface area is 198 Å². The number of nitrogens with zero attached hydrogens (tertiary/aromatic N) is 1. The van der Waals surface area contributed by atoms with Crippen molar-refractivity contribution < 1.29 is 14.2 Å². The summed E-state index contributed by atoms with van der Waals surface area (Å²) in [5.41, 5.74) is 1.51. The predicted octanol–water partition coefficient (Wildman–Crippen LogP) is 3.88. The highest BCUT2D eigenvalue weighted by atomic mass is 127. The highest BCUT2D eigenvalue weighted by Gasteiger charge is 2.36. The number of halogens is 1. The molecule has 0 amide bonds. The molecule has 30 heavy (non-hydrogen) atoms. The van der Waals surface area contributed by atoms with E-state index in [4.69, 9.17) is 14.2 Å². The van der Waals surface area contributed by atoms with Crippen molar-refractivity contribution in [2.75, 3.05) is 47.1 Å². The minimum Gasteiger partial charge on any atom is -0.497 e. The second-order valence-electron chi connectivity index (χ2n) is 8.14. The van der Waals surface area contributed by atoms with E-state index in [1.165, 1.54) is 31.2 Å². The van der Waals surface area contributed by atoms with Crippen LogP contribution in [0, 0.1) is 0 Å². The Morgan fingerprint density at radius 1 is 1.23 bits per heavy atom. The Morgan fingerprint density at radius 2 is 2.07 bits per heavy atom. The smallest absolute Gasteiger partial charge is 0.191 e. The van der Waals surface area contributed by atoms with Gasteiger partial charge in [0.15, 0.2) is 5.96 Å². The van der Waals surface area contributed by atoms with Gasteiger partial charge in [-0.3, -0.25) is 4.99 Å². The molecule has 170 valence electrons. The molecule has 1 aromatic rings. The van der Waals surface area contributed by atoms with Crippen molar-refractivity contribution in [2.45, 2.75) is 56.5 Å². The summed E-state index contributed by atoms with van der Waals surface area (Å²) in [4.78, 5) is 4.40. The van der Waals surface area contributed by atoms with E-state index in [1.54, 1.807) is 7.11 Å². The Kier molecular flexibility index (Phi) is 11.2. The number of rotatable bonds is 10. The molecule has 0 bridgehead atoms. The first kappa shape index (κ1) is 25.2. The van der Waals surface area contributed by atoms with Crippen LogP contribution in [0.4, 0.5) is 0 Å². The molecule has 7 heteroatoms. The first-order chi connectivity index (χ1) is 14.3. The number of hydrogen-bond donors (Lipinski definition) is 2. The number of nitrogens with one attached hydrogen (secondary N) is 2. The summed E-state index contributed by atoms with van der Waals surface area (Å²) in [5, 5.41) is 6.98. The SMILES string of the molecule is CN=C(NCCCOCC1CCCO1)NCC1(c2cccc(OC)c2)CCCC1.I. The van der Waals surface area contributed by atoms with Crippen LogP contribution in [0.25, 0.3) is 0 Å². The maximum Gasteiger partial charge on any atom is 0.191 e. The molecule has 1 unspecified atom stereocenters. The molecule has 3 rings (SSSR count). The largest absolute Gasteiger partial charge is 0.497 e. The molecule has 2 fully saturated rings. The van der Waals surface area contributed by atoms with E-state index in [1.807, 2.05) is 13.1 Å². The van der Waals surface area contributed by atoms with Crippen LogP contribution in [0.3, 0.4) is 0 Å².